The lowest BCUT2D eigenvalue weighted by atomic mass is 10.3. The van der Waals surface area contributed by atoms with Crippen molar-refractivity contribution in [1.82, 2.24) is 4.72 Å². The average molecular weight is 300 g/mol. The van der Waals surface area contributed by atoms with E-state index in [1.807, 2.05) is 0 Å². The SMILES string of the molecule is COCCCCNc1ccc(S(=O)(=O)NC(C)C)cc1. The van der Waals surface area contributed by atoms with Crippen LogP contribution in [-0.2, 0) is 14.8 Å². The van der Waals surface area contributed by atoms with Crippen LogP contribution < -0.4 is 10.0 Å². The molecule has 2 N–H and O–H groups in total. The van der Waals surface area contributed by atoms with Gasteiger partial charge in [0.25, 0.3) is 0 Å². The van der Waals surface area contributed by atoms with E-state index in [1.165, 1.54) is 0 Å². The van der Waals surface area contributed by atoms with Gasteiger partial charge < -0.3 is 10.1 Å². The summed E-state index contributed by atoms with van der Waals surface area (Å²) in [4.78, 5) is 0.288. The molecule has 0 amide bonds. The van der Waals surface area contributed by atoms with Gasteiger partial charge in [-0.05, 0) is 51.0 Å². The quantitative estimate of drug-likeness (QED) is 0.686. The number of hydrogen-bond acceptors (Lipinski definition) is 4. The zero-order valence-corrected chi connectivity index (χ0v) is 13.2. The van der Waals surface area contributed by atoms with Crippen molar-refractivity contribution in [1.29, 1.82) is 0 Å². The van der Waals surface area contributed by atoms with Crippen LogP contribution in [0.4, 0.5) is 5.69 Å². The molecule has 0 aliphatic heterocycles. The maximum Gasteiger partial charge on any atom is 0.240 e. The van der Waals surface area contributed by atoms with Crippen LogP contribution in [0.5, 0.6) is 0 Å². The minimum absolute atomic E-state index is 0.112. The Labute approximate surface area is 121 Å². The zero-order valence-electron chi connectivity index (χ0n) is 12.3. The largest absolute Gasteiger partial charge is 0.385 e. The van der Waals surface area contributed by atoms with Gasteiger partial charge in [-0.2, -0.15) is 0 Å². The molecule has 0 radical (unpaired) electrons. The van der Waals surface area contributed by atoms with Crippen LogP contribution in [0, 0.1) is 0 Å². The van der Waals surface area contributed by atoms with Gasteiger partial charge in [0.1, 0.15) is 0 Å². The average Bonchev–Trinajstić information content (AvgIpc) is 2.37. The lowest BCUT2D eigenvalue weighted by molar-refractivity contribution is 0.194. The van der Waals surface area contributed by atoms with Crippen LogP contribution in [0.3, 0.4) is 0 Å². The highest BCUT2D eigenvalue weighted by atomic mass is 32.2. The predicted octanol–water partition coefficient (Wildman–Crippen LogP) is 2.21. The van der Waals surface area contributed by atoms with Crippen molar-refractivity contribution in [3.05, 3.63) is 24.3 Å². The second kappa shape index (κ2) is 8.24. The maximum atomic E-state index is 11.9. The van der Waals surface area contributed by atoms with Crippen molar-refractivity contribution in [3.63, 3.8) is 0 Å². The van der Waals surface area contributed by atoms with E-state index >= 15 is 0 Å². The molecule has 0 aliphatic rings. The number of ether oxygens (including phenoxy) is 1. The Bertz CT molecular complexity index is 484. The van der Waals surface area contributed by atoms with E-state index < -0.39 is 10.0 Å². The topological polar surface area (TPSA) is 67.4 Å². The Morgan fingerprint density at radius 1 is 1.15 bits per heavy atom. The molecule has 6 heteroatoms. The first-order chi connectivity index (χ1) is 9.45. The van der Waals surface area contributed by atoms with E-state index in [9.17, 15) is 8.42 Å². The monoisotopic (exact) mass is 300 g/mol. The van der Waals surface area contributed by atoms with Gasteiger partial charge in [0.05, 0.1) is 4.90 Å². The highest BCUT2D eigenvalue weighted by molar-refractivity contribution is 7.89. The lowest BCUT2D eigenvalue weighted by Gasteiger charge is -2.11. The fourth-order valence-corrected chi connectivity index (χ4v) is 2.99. The minimum Gasteiger partial charge on any atom is -0.385 e. The normalized spacial score (nSPS) is 11.8. The highest BCUT2D eigenvalue weighted by Gasteiger charge is 2.14. The van der Waals surface area contributed by atoms with E-state index in [0.717, 1.165) is 31.7 Å². The number of anilines is 1. The number of hydrogen-bond donors (Lipinski definition) is 2. The van der Waals surface area contributed by atoms with E-state index in [1.54, 1.807) is 45.2 Å². The predicted molar refractivity (Wildman–Crippen MR) is 81.5 cm³/mol. The Morgan fingerprint density at radius 2 is 1.80 bits per heavy atom. The van der Waals surface area contributed by atoms with Crippen LogP contribution in [-0.4, -0.2) is 34.7 Å². The maximum absolute atomic E-state index is 11.9. The number of sulfonamides is 1. The van der Waals surface area contributed by atoms with Crippen LogP contribution >= 0.6 is 0 Å². The minimum atomic E-state index is -3.40. The van der Waals surface area contributed by atoms with Gasteiger partial charge in [-0.1, -0.05) is 0 Å². The lowest BCUT2D eigenvalue weighted by Crippen LogP contribution is -2.30. The first kappa shape index (κ1) is 16.9. The van der Waals surface area contributed by atoms with Crippen LogP contribution in [0.15, 0.2) is 29.2 Å². The molecule has 0 saturated heterocycles. The van der Waals surface area contributed by atoms with Crippen molar-refractivity contribution in [2.24, 2.45) is 0 Å². The second-order valence-corrected chi connectivity index (χ2v) is 6.64. The summed E-state index contributed by atoms with van der Waals surface area (Å²) >= 11 is 0. The molecule has 0 saturated carbocycles. The molecular formula is C14H24N2O3S. The number of benzene rings is 1. The number of unbranched alkanes of at least 4 members (excludes halogenated alkanes) is 1. The molecule has 0 atom stereocenters. The molecule has 1 aromatic carbocycles. The third-order valence-electron chi connectivity index (χ3n) is 2.66. The molecule has 20 heavy (non-hydrogen) atoms. The van der Waals surface area contributed by atoms with Gasteiger partial charge in [-0.3, -0.25) is 0 Å². The number of nitrogens with one attached hydrogen (secondary N) is 2. The van der Waals surface area contributed by atoms with Crippen LogP contribution in [0.25, 0.3) is 0 Å². The molecule has 1 aromatic rings. The summed E-state index contributed by atoms with van der Waals surface area (Å²) in [6.45, 7) is 5.21. The number of rotatable bonds is 9. The van der Waals surface area contributed by atoms with Crippen molar-refractivity contribution < 1.29 is 13.2 Å². The first-order valence-corrected chi connectivity index (χ1v) is 8.29. The Kier molecular flexibility index (Phi) is 6.98. The summed E-state index contributed by atoms with van der Waals surface area (Å²) in [6.07, 6.45) is 2.02. The van der Waals surface area contributed by atoms with Gasteiger partial charge in [0.2, 0.25) is 10.0 Å². The van der Waals surface area contributed by atoms with Gasteiger partial charge in [-0.25, -0.2) is 13.1 Å². The zero-order chi connectivity index (χ0) is 15.0. The molecule has 0 aliphatic carbocycles. The number of methoxy groups -OCH3 is 1. The molecule has 5 nitrogen and oxygen atoms in total. The van der Waals surface area contributed by atoms with E-state index in [2.05, 4.69) is 10.0 Å². The molecule has 0 fully saturated rings. The fourth-order valence-electron chi connectivity index (χ4n) is 1.73. The van der Waals surface area contributed by atoms with Crippen molar-refractivity contribution in [2.45, 2.75) is 37.6 Å². The molecular weight excluding hydrogens is 276 g/mol. The molecule has 0 aromatic heterocycles. The summed E-state index contributed by atoms with van der Waals surface area (Å²) in [7, 11) is -1.71. The van der Waals surface area contributed by atoms with Crippen molar-refractivity contribution in [2.75, 3.05) is 25.6 Å². The first-order valence-electron chi connectivity index (χ1n) is 6.81. The van der Waals surface area contributed by atoms with Crippen molar-refractivity contribution >= 4 is 15.7 Å². The highest BCUT2D eigenvalue weighted by Crippen LogP contribution is 2.14. The third-order valence-corrected chi connectivity index (χ3v) is 4.33. The van der Waals surface area contributed by atoms with E-state index in [4.69, 9.17) is 4.74 Å². The standard InChI is InChI=1S/C14H24N2O3S/c1-12(2)16-20(17,18)14-8-6-13(7-9-14)15-10-4-5-11-19-3/h6-9,12,15-16H,4-5,10-11H2,1-3H3. The second-order valence-electron chi connectivity index (χ2n) is 4.93. The van der Waals surface area contributed by atoms with E-state index in [0.29, 0.717) is 0 Å². The van der Waals surface area contributed by atoms with Gasteiger partial charge in [0, 0.05) is 32.0 Å². The van der Waals surface area contributed by atoms with Gasteiger partial charge >= 0.3 is 0 Å². The molecule has 0 bridgehead atoms. The summed E-state index contributed by atoms with van der Waals surface area (Å²) in [5, 5.41) is 3.25. The molecule has 0 unspecified atom stereocenters. The van der Waals surface area contributed by atoms with Crippen molar-refractivity contribution in [3.8, 4) is 0 Å². The molecule has 0 heterocycles. The van der Waals surface area contributed by atoms with E-state index in [-0.39, 0.29) is 10.9 Å². The Morgan fingerprint density at radius 3 is 2.35 bits per heavy atom. The molecule has 0 spiro atoms. The third kappa shape index (κ3) is 5.90. The summed E-state index contributed by atoms with van der Waals surface area (Å²) in [5.41, 5.74) is 0.922. The van der Waals surface area contributed by atoms with Gasteiger partial charge in [-0.15, -0.1) is 0 Å². The summed E-state index contributed by atoms with van der Waals surface area (Å²) < 4.78 is 31.4. The van der Waals surface area contributed by atoms with Gasteiger partial charge in [0.15, 0.2) is 0 Å². The van der Waals surface area contributed by atoms with Crippen LogP contribution in [0.2, 0.25) is 0 Å². The Hall–Kier alpha value is -1.11. The summed E-state index contributed by atoms with van der Waals surface area (Å²) in [6, 6.07) is 6.68. The summed E-state index contributed by atoms with van der Waals surface area (Å²) in [5.74, 6) is 0. The Balaban J connectivity index is 2.52. The molecule has 114 valence electrons. The molecule has 1 rings (SSSR count). The smallest absolute Gasteiger partial charge is 0.240 e. The van der Waals surface area contributed by atoms with Crippen LogP contribution in [0.1, 0.15) is 26.7 Å². The fraction of sp³-hybridized carbons (Fsp3) is 0.571.